The molecule has 1 aromatic carbocycles. The van der Waals surface area contributed by atoms with Gasteiger partial charge in [0.2, 0.25) is 11.8 Å². The van der Waals surface area contributed by atoms with E-state index in [-0.39, 0.29) is 10.1 Å². The van der Waals surface area contributed by atoms with Gasteiger partial charge in [0, 0.05) is 4.90 Å². The Bertz CT molecular complexity index is 858. The fourth-order valence-electron chi connectivity index (χ4n) is 4.00. The fraction of sp³-hybridized carbons (Fsp3) is 0.375. The zero-order valence-corrected chi connectivity index (χ0v) is 18.3. The number of halogens is 6. The number of alkyl halides is 4. The van der Waals surface area contributed by atoms with E-state index in [1.165, 1.54) is 11.8 Å². The van der Waals surface area contributed by atoms with Gasteiger partial charge in [0.05, 0.1) is 27.6 Å². The molecule has 3 aliphatic rings. The van der Waals surface area contributed by atoms with Crippen molar-refractivity contribution in [3.8, 4) is 0 Å². The molecule has 0 radical (unpaired) electrons. The van der Waals surface area contributed by atoms with Gasteiger partial charge in [-0.3, -0.25) is 9.59 Å². The van der Waals surface area contributed by atoms with E-state index in [1.54, 1.807) is 18.2 Å². The van der Waals surface area contributed by atoms with Gasteiger partial charge < -0.3 is 0 Å². The lowest BCUT2D eigenvalue weighted by atomic mass is 9.84. The van der Waals surface area contributed by atoms with Crippen LogP contribution in [0.2, 0.25) is 0 Å². The Kier molecular flexibility index (Phi) is 4.39. The molecule has 2 bridgehead atoms. The number of imide groups is 1. The van der Waals surface area contributed by atoms with E-state index in [9.17, 15) is 9.59 Å². The highest BCUT2D eigenvalue weighted by Crippen LogP contribution is 2.77. The van der Waals surface area contributed by atoms with Gasteiger partial charge in [0.1, 0.15) is 9.75 Å². The van der Waals surface area contributed by atoms with E-state index in [4.69, 9.17) is 69.6 Å². The summed E-state index contributed by atoms with van der Waals surface area (Å²) in [5.74, 6) is -3.33. The molecule has 1 saturated heterocycles. The summed E-state index contributed by atoms with van der Waals surface area (Å²) < 4.78 is -1.91. The molecule has 0 N–H and O–H groups in total. The largest absolute Gasteiger partial charge is 0.274 e. The molecule has 4 rings (SSSR count). The number of amides is 2. The molecule has 10 heteroatoms. The molecule has 0 unspecified atom stereocenters. The summed E-state index contributed by atoms with van der Waals surface area (Å²) in [5, 5.41) is -0.189. The maximum absolute atomic E-state index is 13.2. The maximum atomic E-state index is 13.2. The summed E-state index contributed by atoms with van der Waals surface area (Å²) in [6, 6.07) is 7.01. The predicted octanol–water partition coefficient (Wildman–Crippen LogP) is 5.36. The van der Waals surface area contributed by atoms with Crippen molar-refractivity contribution in [2.24, 2.45) is 11.8 Å². The van der Waals surface area contributed by atoms with Gasteiger partial charge in [0.15, 0.2) is 4.33 Å². The van der Waals surface area contributed by atoms with Gasteiger partial charge in [-0.05, 0) is 24.5 Å². The van der Waals surface area contributed by atoms with Crippen molar-refractivity contribution >= 4 is 98.9 Å². The van der Waals surface area contributed by atoms with E-state index < -0.39 is 37.7 Å². The SMILES string of the molecule is CSc1cccc(N2C(=O)[C@@H]3[C@@H](C2=O)[C@@]2(Cl)C(Cl)=C(Cl)[C@@]3(Cl)C2(Cl)Cl)c1. The highest BCUT2D eigenvalue weighted by atomic mass is 35.5. The van der Waals surface area contributed by atoms with Crippen molar-refractivity contribution in [3.63, 3.8) is 0 Å². The summed E-state index contributed by atoms with van der Waals surface area (Å²) in [7, 11) is 0. The molecule has 4 atom stereocenters. The number of thioether (sulfide) groups is 1. The zero-order chi connectivity index (χ0) is 19.2. The quantitative estimate of drug-likeness (QED) is 0.317. The van der Waals surface area contributed by atoms with Crippen molar-refractivity contribution in [2.75, 3.05) is 11.2 Å². The number of carbonyl (C=O) groups is 2. The third-order valence-electron chi connectivity index (χ3n) is 5.22. The predicted molar refractivity (Wildman–Crippen MR) is 108 cm³/mol. The average Bonchev–Trinajstić information content (AvgIpc) is 2.99. The van der Waals surface area contributed by atoms with Crippen LogP contribution in [0.25, 0.3) is 0 Å². The van der Waals surface area contributed by atoms with Gasteiger partial charge >= 0.3 is 0 Å². The van der Waals surface area contributed by atoms with Crippen molar-refractivity contribution in [2.45, 2.75) is 19.0 Å². The normalized spacial score (nSPS) is 37.7. The number of benzene rings is 1. The van der Waals surface area contributed by atoms with Crippen LogP contribution >= 0.6 is 81.4 Å². The molecule has 138 valence electrons. The Balaban J connectivity index is 1.89. The number of nitrogens with zero attached hydrogens (tertiary/aromatic N) is 1. The summed E-state index contributed by atoms with van der Waals surface area (Å²) in [6.45, 7) is 0. The van der Waals surface area contributed by atoms with Crippen LogP contribution in [-0.4, -0.2) is 32.2 Å². The molecule has 2 fully saturated rings. The molecule has 2 aliphatic carbocycles. The lowest BCUT2D eigenvalue weighted by molar-refractivity contribution is -0.123. The Hall–Kier alpha value is 0.190. The van der Waals surface area contributed by atoms with Crippen LogP contribution < -0.4 is 4.90 Å². The van der Waals surface area contributed by atoms with Gasteiger partial charge in [0.25, 0.3) is 0 Å². The number of allylic oxidation sites excluding steroid dienone is 2. The lowest BCUT2D eigenvalue weighted by Gasteiger charge is -2.34. The summed E-state index contributed by atoms with van der Waals surface area (Å²) in [5.41, 5.74) is 0.420. The summed E-state index contributed by atoms with van der Waals surface area (Å²) >= 11 is 40.3. The number of anilines is 1. The van der Waals surface area contributed by atoms with E-state index >= 15 is 0 Å². The molecule has 1 heterocycles. The molecule has 3 nitrogen and oxygen atoms in total. The third-order valence-corrected chi connectivity index (χ3v) is 10.2. The van der Waals surface area contributed by atoms with Crippen molar-refractivity contribution in [3.05, 3.63) is 34.3 Å². The Morgan fingerprint density at radius 2 is 1.46 bits per heavy atom. The van der Waals surface area contributed by atoms with Crippen LogP contribution in [0.1, 0.15) is 0 Å². The minimum absolute atomic E-state index is 0.0945. The van der Waals surface area contributed by atoms with Gasteiger partial charge in [-0.25, -0.2) is 4.90 Å². The van der Waals surface area contributed by atoms with Crippen LogP contribution in [-0.2, 0) is 9.59 Å². The standard InChI is InChI=1S/C16H9Cl6NO2S/c1-26-7-4-2-3-6(5-7)23-12(24)8-9(13(23)25)15(20)11(18)10(17)14(8,19)16(15,21)22/h2-5,8-9H,1H3/t8-,9-,14+,15+/m0/s1. The molecule has 1 aromatic rings. The first-order valence-corrected chi connectivity index (χ1v) is 10.9. The second kappa shape index (κ2) is 5.85. The van der Waals surface area contributed by atoms with Crippen LogP contribution in [0.5, 0.6) is 0 Å². The minimum atomic E-state index is -1.91. The topological polar surface area (TPSA) is 37.4 Å². The van der Waals surface area contributed by atoms with Crippen LogP contribution in [0.4, 0.5) is 5.69 Å². The third kappa shape index (κ3) is 1.93. The van der Waals surface area contributed by atoms with E-state index in [2.05, 4.69) is 0 Å². The summed E-state index contributed by atoms with van der Waals surface area (Å²) in [6.07, 6.45) is 1.89. The Morgan fingerprint density at radius 1 is 0.962 bits per heavy atom. The number of hydrogen-bond acceptors (Lipinski definition) is 3. The van der Waals surface area contributed by atoms with E-state index in [1.807, 2.05) is 12.3 Å². The smallest absolute Gasteiger partial charge is 0.240 e. The van der Waals surface area contributed by atoms with Crippen LogP contribution in [0.15, 0.2) is 39.2 Å². The number of hydrogen-bond donors (Lipinski definition) is 0. The summed E-state index contributed by atoms with van der Waals surface area (Å²) in [4.78, 5) is 24.8. The van der Waals surface area contributed by atoms with Crippen molar-refractivity contribution < 1.29 is 9.59 Å². The molecular weight excluding hydrogens is 483 g/mol. The molecular formula is C16H9Cl6NO2S. The Morgan fingerprint density at radius 3 is 1.92 bits per heavy atom. The molecule has 0 aromatic heterocycles. The van der Waals surface area contributed by atoms with Gasteiger partial charge in [-0.2, -0.15) is 0 Å². The van der Waals surface area contributed by atoms with Crippen LogP contribution in [0.3, 0.4) is 0 Å². The lowest BCUT2D eigenvalue weighted by Crippen LogP contribution is -2.50. The number of rotatable bonds is 2. The van der Waals surface area contributed by atoms with E-state index in [0.717, 1.165) is 9.80 Å². The number of carbonyl (C=O) groups excluding carboxylic acids is 2. The minimum Gasteiger partial charge on any atom is -0.274 e. The van der Waals surface area contributed by atoms with E-state index in [0.29, 0.717) is 5.69 Å². The average molecular weight is 492 g/mol. The number of fused-ring (bicyclic) bond motifs is 5. The maximum Gasteiger partial charge on any atom is 0.240 e. The molecule has 1 saturated carbocycles. The Labute approximate surface area is 183 Å². The molecule has 0 spiro atoms. The molecule has 1 aliphatic heterocycles. The fourth-order valence-corrected chi connectivity index (χ4v) is 7.38. The molecule has 26 heavy (non-hydrogen) atoms. The van der Waals surface area contributed by atoms with Gasteiger partial charge in [-0.15, -0.1) is 35.0 Å². The zero-order valence-electron chi connectivity index (χ0n) is 12.9. The highest BCUT2D eigenvalue weighted by molar-refractivity contribution is 7.98. The van der Waals surface area contributed by atoms with Crippen molar-refractivity contribution in [1.82, 2.24) is 0 Å². The second-order valence-electron chi connectivity index (χ2n) is 6.29. The van der Waals surface area contributed by atoms with Crippen molar-refractivity contribution in [1.29, 1.82) is 0 Å². The first kappa shape index (κ1) is 19.5. The highest BCUT2D eigenvalue weighted by Gasteiger charge is 2.87. The van der Waals surface area contributed by atoms with Gasteiger partial charge in [-0.1, -0.05) is 52.5 Å². The molecule has 2 amide bonds. The first-order valence-electron chi connectivity index (χ1n) is 7.38. The monoisotopic (exact) mass is 489 g/mol. The van der Waals surface area contributed by atoms with Crippen LogP contribution in [0, 0.1) is 11.8 Å². The second-order valence-corrected chi connectivity index (χ2v) is 10.4. The first-order chi connectivity index (χ1) is 12.0.